The van der Waals surface area contributed by atoms with Gasteiger partial charge in [0.05, 0.1) is 22.2 Å². The van der Waals surface area contributed by atoms with Crippen LogP contribution in [0.1, 0.15) is 0 Å². The van der Waals surface area contributed by atoms with Gasteiger partial charge in [0.15, 0.2) is 0 Å². The summed E-state index contributed by atoms with van der Waals surface area (Å²) in [4.78, 5) is 34.1. The van der Waals surface area contributed by atoms with E-state index in [0.717, 1.165) is 32.7 Å². The first-order valence-electron chi connectivity index (χ1n) is 7.98. The van der Waals surface area contributed by atoms with Gasteiger partial charge in [0.25, 0.3) is 11.2 Å². The number of H-pyrrole nitrogens is 1. The van der Waals surface area contributed by atoms with Crippen LogP contribution in [-0.4, -0.2) is 70.0 Å². The Bertz CT molecular complexity index is 843. The molecule has 9 heteroatoms. The minimum absolute atomic E-state index is 0.0997. The summed E-state index contributed by atoms with van der Waals surface area (Å²) in [7, 11) is 0. The number of rotatable bonds is 4. The zero-order valence-corrected chi connectivity index (χ0v) is 13.1. The first-order valence-corrected chi connectivity index (χ1v) is 7.98. The maximum absolute atomic E-state index is 11.8. The SMILES string of the molecule is O=c1[nH]cnc2cc(NCC3CN4CCN3CC4)c([N+](=O)[O-])cc12. The van der Waals surface area contributed by atoms with Crippen molar-refractivity contribution in [3.8, 4) is 0 Å². The van der Waals surface area contributed by atoms with Crippen molar-refractivity contribution in [1.29, 1.82) is 0 Å². The topological polar surface area (TPSA) is 107 Å². The van der Waals surface area contributed by atoms with Gasteiger partial charge in [-0.05, 0) is 6.07 Å². The van der Waals surface area contributed by atoms with Crippen molar-refractivity contribution in [1.82, 2.24) is 19.8 Å². The van der Waals surface area contributed by atoms with Crippen molar-refractivity contribution in [2.24, 2.45) is 0 Å². The summed E-state index contributed by atoms with van der Waals surface area (Å²) in [6.45, 7) is 5.89. The van der Waals surface area contributed by atoms with E-state index >= 15 is 0 Å². The smallest absolute Gasteiger partial charge is 0.293 e. The minimum atomic E-state index is -0.467. The number of nitrogens with zero attached hydrogens (tertiary/aromatic N) is 4. The van der Waals surface area contributed by atoms with Crippen LogP contribution in [0, 0.1) is 10.1 Å². The molecule has 0 amide bonds. The molecule has 3 saturated heterocycles. The number of aromatic nitrogens is 2. The van der Waals surface area contributed by atoms with Gasteiger partial charge in [0, 0.05) is 51.4 Å². The number of fused-ring (bicyclic) bond motifs is 4. The molecule has 3 fully saturated rings. The van der Waals surface area contributed by atoms with Gasteiger partial charge in [0.2, 0.25) is 0 Å². The van der Waals surface area contributed by atoms with Gasteiger partial charge in [0.1, 0.15) is 5.69 Å². The molecule has 1 aromatic heterocycles. The van der Waals surface area contributed by atoms with Gasteiger partial charge >= 0.3 is 0 Å². The first kappa shape index (κ1) is 15.0. The molecule has 2 aromatic rings. The normalized spacial score (nSPS) is 25.8. The Kier molecular flexibility index (Phi) is 3.66. The lowest BCUT2D eigenvalue weighted by atomic mass is 10.1. The molecule has 3 aliphatic rings. The minimum Gasteiger partial charge on any atom is -0.378 e. The predicted molar refractivity (Wildman–Crippen MR) is 89.3 cm³/mol. The summed E-state index contributed by atoms with van der Waals surface area (Å²) in [5.74, 6) is 0. The first-order chi connectivity index (χ1) is 11.6. The van der Waals surface area contributed by atoms with Crippen molar-refractivity contribution in [2.45, 2.75) is 6.04 Å². The monoisotopic (exact) mass is 330 g/mol. The molecule has 1 atom stereocenters. The van der Waals surface area contributed by atoms with Crippen molar-refractivity contribution in [3.05, 3.63) is 38.9 Å². The molecule has 2 bridgehead atoms. The van der Waals surface area contributed by atoms with E-state index in [2.05, 4.69) is 25.1 Å². The summed E-state index contributed by atoms with van der Waals surface area (Å²) >= 11 is 0. The third-order valence-corrected chi connectivity index (χ3v) is 4.87. The van der Waals surface area contributed by atoms with E-state index in [-0.39, 0.29) is 16.6 Å². The molecule has 0 spiro atoms. The molecule has 5 rings (SSSR count). The summed E-state index contributed by atoms with van der Waals surface area (Å²) in [6, 6.07) is 3.22. The number of piperazine rings is 3. The van der Waals surface area contributed by atoms with Crippen molar-refractivity contribution < 1.29 is 4.92 Å². The van der Waals surface area contributed by atoms with Gasteiger partial charge in [-0.25, -0.2) is 4.98 Å². The molecule has 24 heavy (non-hydrogen) atoms. The van der Waals surface area contributed by atoms with E-state index in [9.17, 15) is 14.9 Å². The number of nitro groups is 1. The molecule has 0 saturated carbocycles. The fourth-order valence-electron chi connectivity index (χ4n) is 3.54. The van der Waals surface area contributed by atoms with Crippen LogP contribution < -0.4 is 10.9 Å². The van der Waals surface area contributed by atoms with Gasteiger partial charge in [-0.15, -0.1) is 0 Å². The Morgan fingerprint density at radius 2 is 2.12 bits per heavy atom. The van der Waals surface area contributed by atoms with Crippen LogP contribution >= 0.6 is 0 Å². The number of hydrogen-bond donors (Lipinski definition) is 2. The summed E-state index contributed by atoms with van der Waals surface area (Å²) in [6.07, 6.45) is 1.30. The molecule has 126 valence electrons. The van der Waals surface area contributed by atoms with Crippen LogP contribution in [0.2, 0.25) is 0 Å². The van der Waals surface area contributed by atoms with Crippen LogP contribution in [0.4, 0.5) is 11.4 Å². The third kappa shape index (κ3) is 2.61. The number of nitro benzene ring substituents is 1. The number of anilines is 1. The van der Waals surface area contributed by atoms with Crippen molar-refractivity contribution >= 4 is 22.3 Å². The highest BCUT2D eigenvalue weighted by Gasteiger charge is 2.31. The number of aromatic amines is 1. The van der Waals surface area contributed by atoms with Crippen LogP contribution in [0.3, 0.4) is 0 Å². The fraction of sp³-hybridized carbons (Fsp3) is 0.467. The van der Waals surface area contributed by atoms with E-state index in [1.165, 1.54) is 12.4 Å². The predicted octanol–water partition coefficient (Wildman–Crippen LogP) is 0.243. The lowest BCUT2D eigenvalue weighted by Crippen LogP contribution is -2.62. The average molecular weight is 330 g/mol. The largest absolute Gasteiger partial charge is 0.378 e. The Balaban J connectivity index is 1.62. The van der Waals surface area contributed by atoms with E-state index in [1.807, 2.05) is 0 Å². The van der Waals surface area contributed by atoms with Gasteiger partial charge in [-0.1, -0.05) is 0 Å². The van der Waals surface area contributed by atoms with E-state index < -0.39 is 4.92 Å². The molecule has 1 aromatic carbocycles. The molecule has 2 N–H and O–H groups in total. The second-order valence-electron chi connectivity index (χ2n) is 6.25. The fourth-order valence-corrected chi connectivity index (χ4v) is 3.54. The van der Waals surface area contributed by atoms with Crippen LogP contribution in [0.25, 0.3) is 10.9 Å². The average Bonchev–Trinajstić information content (AvgIpc) is 2.60. The highest BCUT2D eigenvalue weighted by Crippen LogP contribution is 2.28. The zero-order valence-electron chi connectivity index (χ0n) is 13.1. The Morgan fingerprint density at radius 1 is 1.33 bits per heavy atom. The second-order valence-corrected chi connectivity index (χ2v) is 6.25. The van der Waals surface area contributed by atoms with Crippen LogP contribution in [0.15, 0.2) is 23.3 Å². The highest BCUT2D eigenvalue weighted by atomic mass is 16.6. The molecular weight excluding hydrogens is 312 g/mol. The standard InChI is InChI=1S/C15H18N6O3/c22-15-11-5-14(21(23)24)13(6-12(11)17-9-18-15)16-7-10-8-19-1-3-20(10)4-2-19/h5-6,9-10,16H,1-4,7-8H2,(H,17,18,22). The van der Waals surface area contributed by atoms with Gasteiger partial charge in [-0.2, -0.15) is 0 Å². The Hall–Kier alpha value is -2.52. The van der Waals surface area contributed by atoms with Crippen molar-refractivity contribution in [2.75, 3.05) is 44.6 Å². The lowest BCUT2D eigenvalue weighted by Gasteiger charge is -2.47. The highest BCUT2D eigenvalue weighted by molar-refractivity contribution is 5.86. The van der Waals surface area contributed by atoms with Crippen LogP contribution in [-0.2, 0) is 0 Å². The van der Waals surface area contributed by atoms with Crippen LogP contribution in [0.5, 0.6) is 0 Å². The molecular formula is C15H18N6O3. The maximum atomic E-state index is 11.8. The molecule has 4 heterocycles. The summed E-state index contributed by atoms with van der Waals surface area (Å²) < 4.78 is 0. The molecule has 1 unspecified atom stereocenters. The number of benzene rings is 1. The molecule has 9 nitrogen and oxygen atoms in total. The second kappa shape index (κ2) is 5.84. The number of nitrogens with one attached hydrogen (secondary N) is 2. The van der Waals surface area contributed by atoms with E-state index in [4.69, 9.17) is 0 Å². The third-order valence-electron chi connectivity index (χ3n) is 4.87. The quantitative estimate of drug-likeness (QED) is 0.611. The maximum Gasteiger partial charge on any atom is 0.293 e. The van der Waals surface area contributed by atoms with E-state index in [1.54, 1.807) is 6.07 Å². The van der Waals surface area contributed by atoms with Gasteiger partial charge < -0.3 is 10.3 Å². The van der Waals surface area contributed by atoms with E-state index in [0.29, 0.717) is 23.8 Å². The summed E-state index contributed by atoms with van der Waals surface area (Å²) in [5, 5.41) is 14.8. The zero-order chi connectivity index (χ0) is 16.7. The molecule has 0 aliphatic carbocycles. The Labute approximate surface area is 137 Å². The molecule has 0 radical (unpaired) electrons. The molecule has 3 aliphatic heterocycles. The summed E-state index contributed by atoms with van der Waals surface area (Å²) in [5.41, 5.74) is 0.375. The lowest BCUT2D eigenvalue weighted by molar-refractivity contribution is -0.383. The Morgan fingerprint density at radius 3 is 2.79 bits per heavy atom. The number of hydrogen-bond acceptors (Lipinski definition) is 7. The van der Waals surface area contributed by atoms with Gasteiger partial charge in [-0.3, -0.25) is 24.7 Å². The van der Waals surface area contributed by atoms with Crippen molar-refractivity contribution in [3.63, 3.8) is 0 Å².